The number of para-hydroxylation sites is 1. The maximum Gasteiger partial charge on any atom is 0.269 e. The number of methoxy groups -OCH3 is 1. The number of azo groups is 1. The van der Waals surface area contributed by atoms with Crippen LogP contribution in [0.2, 0.25) is 0 Å². The summed E-state index contributed by atoms with van der Waals surface area (Å²) in [5, 5.41) is 19.6. The second-order valence-corrected chi connectivity index (χ2v) is 7.35. The lowest BCUT2D eigenvalue weighted by Crippen LogP contribution is -3.09. The summed E-state index contributed by atoms with van der Waals surface area (Å²) >= 11 is 0. The lowest BCUT2D eigenvalue weighted by Gasteiger charge is -2.14. The van der Waals surface area contributed by atoms with Crippen LogP contribution < -0.4 is 9.64 Å². The molecule has 7 heteroatoms. The summed E-state index contributed by atoms with van der Waals surface area (Å²) in [6.45, 7) is 2.88. The molecule has 1 aliphatic heterocycles. The lowest BCUT2D eigenvalue weighted by atomic mass is 10.1. The molecule has 0 spiro atoms. The third kappa shape index (κ3) is 4.14. The molecule has 1 aromatic heterocycles. The van der Waals surface area contributed by atoms with Crippen molar-refractivity contribution in [2.75, 3.05) is 20.2 Å². The molecule has 0 saturated carbocycles. The second kappa shape index (κ2) is 8.45. The molecule has 0 aliphatic carbocycles. The largest absolute Gasteiger partial charge is 0.497 e. The van der Waals surface area contributed by atoms with Gasteiger partial charge in [0.1, 0.15) is 5.75 Å². The van der Waals surface area contributed by atoms with Gasteiger partial charge in [-0.3, -0.25) is 9.36 Å². The summed E-state index contributed by atoms with van der Waals surface area (Å²) in [5.41, 5.74) is 2.09. The van der Waals surface area contributed by atoms with E-state index in [9.17, 15) is 9.90 Å². The molecular weight excluding hydrogens is 368 g/mol. The summed E-state index contributed by atoms with van der Waals surface area (Å²) in [6.07, 6.45) is 2.56. The zero-order valence-electron chi connectivity index (χ0n) is 16.5. The van der Waals surface area contributed by atoms with Gasteiger partial charge in [0.2, 0.25) is 5.88 Å². The number of ether oxygens (including phenoxy) is 1. The Balaban J connectivity index is 1.56. The normalized spacial score (nSPS) is 14.8. The van der Waals surface area contributed by atoms with Gasteiger partial charge in [-0.2, -0.15) is 0 Å². The van der Waals surface area contributed by atoms with E-state index in [1.165, 1.54) is 17.7 Å². The Labute approximate surface area is 169 Å². The number of hydrogen-bond donors (Lipinski definition) is 2. The van der Waals surface area contributed by atoms with Crippen LogP contribution in [-0.2, 0) is 17.9 Å². The van der Waals surface area contributed by atoms with Crippen molar-refractivity contribution in [1.82, 2.24) is 4.57 Å². The van der Waals surface area contributed by atoms with Crippen molar-refractivity contribution in [3.8, 4) is 11.6 Å². The molecule has 2 heterocycles. The van der Waals surface area contributed by atoms with Gasteiger partial charge in [0.05, 0.1) is 32.1 Å². The van der Waals surface area contributed by atoms with Crippen molar-refractivity contribution in [3.63, 3.8) is 0 Å². The van der Waals surface area contributed by atoms with Crippen LogP contribution in [0.5, 0.6) is 11.6 Å². The van der Waals surface area contributed by atoms with Gasteiger partial charge >= 0.3 is 0 Å². The first-order chi connectivity index (χ1) is 14.2. The van der Waals surface area contributed by atoms with Crippen molar-refractivity contribution in [2.45, 2.75) is 25.9 Å². The highest BCUT2D eigenvalue weighted by molar-refractivity contribution is 5.95. The molecule has 7 nitrogen and oxygen atoms in total. The first kappa shape index (κ1) is 19.1. The molecule has 1 amide bonds. The number of nitrogens with one attached hydrogen (secondary N) is 1. The molecule has 0 radical (unpaired) electrons. The number of nitrogens with zero attached hydrogens (tertiary/aromatic N) is 3. The van der Waals surface area contributed by atoms with Crippen molar-refractivity contribution in [3.05, 3.63) is 54.1 Å². The number of aromatic nitrogens is 1. The van der Waals surface area contributed by atoms with E-state index in [1.54, 1.807) is 19.2 Å². The number of fused-ring (bicyclic) bond motifs is 1. The van der Waals surface area contributed by atoms with Gasteiger partial charge in [-0.15, -0.1) is 10.2 Å². The van der Waals surface area contributed by atoms with E-state index < -0.39 is 0 Å². The zero-order valence-corrected chi connectivity index (χ0v) is 16.5. The number of carbonyl (C=O) groups is 1. The molecule has 29 heavy (non-hydrogen) atoms. The number of rotatable bonds is 6. The van der Waals surface area contributed by atoms with E-state index in [4.69, 9.17) is 4.74 Å². The predicted molar refractivity (Wildman–Crippen MR) is 110 cm³/mol. The number of amides is 1. The first-order valence-corrected chi connectivity index (χ1v) is 9.87. The Morgan fingerprint density at radius 2 is 1.86 bits per heavy atom. The molecule has 0 unspecified atom stereocenters. The molecule has 2 aromatic carbocycles. The maximum absolute atomic E-state index is 12.3. The van der Waals surface area contributed by atoms with Crippen molar-refractivity contribution < 1.29 is 19.5 Å². The molecule has 1 saturated heterocycles. The Morgan fingerprint density at radius 1 is 1.14 bits per heavy atom. The van der Waals surface area contributed by atoms with Crippen LogP contribution in [0.25, 0.3) is 10.9 Å². The number of quaternary nitrogens is 1. The Hall–Kier alpha value is -3.19. The highest BCUT2D eigenvalue weighted by Gasteiger charge is 2.22. The van der Waals surface area contributed by atoms with Crippen molar-refractivity contribution >= 4 is 22.5 Å². The fourth-order valence-corrected chi connectivity index (χ4v) is 3.85. The van der Waals surface area contributed by atoms with Crippen molar-refractivity contribution in [2.24, 2.45) is 10.2 Å². The summed E-state index contributed by atoms with van der Waals surface area (Å²) in [6, 6.07) is 15.0. The summed E-state index contributed by atoms with van der Waals surface area (Å²) in [7, 11) is 1.60. The van der Waals surface area contributed by atoms with Gasteiger partial charge in [-0.1, -0.05) is 30.3 Å². The maximum atomic E-state index is 12.3. The van der Waals surface area contributed by atoms with Crippen LogP contribution >= 0.6 is 0 Å². The topological polar surface area (TPSA) is 80.6 Å². The molecule has 3 aromatic rings. The number of likely N-dealkylation sites (tertiary alicyclic amines) is 1. The molecule has 0 atom stereocenters. The summed E-state index contributed by atoms with van der Waals surface area (Å²) < 4.78 is 7.00. The summed E-state index contributed by atoms with van der Waals surface area (Å²) in [5.74, 6) is 0.434. The minimum absolute atomic E-state index is 0.0617. The fourth-order valence-electron chi connectivity index (χ4n) is 3.85. The minimum atomic E-state index is -0.364. The second-order valence-electron chi connectivity index (χ2n) is 7.35. The van der Waals surface area contributed by atoms with Crippen LogP contribution in [0.15, 0.2) is 58.8 Å². The van der Waals surface area contributed by atoms with Gasteiger partial charge in [-0.05, 0) is 23.8 Å². The molecule has 1 fully saturated rings. The third-order valence-electron chi connectivity index (χ3n) is 5.39. The van der Waals surface area contributed by atoms with Gasteiger partial charge in [0.15, 0.2) is 12.4 Å². The SMILES string of the molecule is COc1ccc(CC(=O)N=Nc2c(O)n(C[NH+]3CCCC3)c3ccccc23)cc1. The Morgan fingerprint density at radius 3 is 2.59 bits per heavy atom. The van der Waals surface area contributed by atoms with Crippen LogP contribution in [0.3, 0.4) is 0 Å². The quantitative estimate of drug-likeness (QED) is 0.632. The third-order valence-corrected chi connectivity index (χ3v) is 5.39. The molecule has 2 N–H and O–H groups in total. The van der Waals surface area contributed by atoms with Gasteiger partial charge < -0.3 is 14.7 Å². The monoisotopic (exact) mass is 393 g/mol. The molecule has 1 aliphatic rings. The average Bonchev–Trinajstić information content (AvgIpc) is 3.34. The molecular formula is C22H25N4O3+. The average molecular weight is 393 g/mol. The van der Waals surface area contributed by atoms with E-state index in [2.05, 4.69) is 10.2 Å². The Bertz CT molecular complexity index is 1030. The van der Waals surface area contributed by atoms with E-state index in [0.29, 0.717) is 12.4 Å². The number of aromatic hydroxyl groups is 1. The number of benzene rings is 2. The summed E-state index contributed by atoms with van der Waals surface area (Å²) in [4.78, 5) is 13.7. The fraction of sp³-hybridized carbons (Fsp3) is 0.318. The molecule has 150 valence electrons. The molecule has 0 bridgehead atoms. The smallest absolute Gasteiger partial charge is 0.269 e. The minimum Gasteiger partial charge on any atom is -0.497 e. The van der Waals surface area contributed by atoms with Crippen molar-refractivity contribution in [1.29, 1.82) is 0 Å². The van der Waals surface area contributed by atoms with E-state index in [-0.39, 0.29) is 18.2 Å². The highest BCUT2D eigenvalue weighted by atomic mass is 16.5. The van der Waals surface area contributed by atoms with E-state index in [1.807, 2.05) is 41.0 Å². The van der Waals surface area contributed by atoms with Crippen LogP contribution in [-0.4, -0.2) is 35.8 Å². The van der Waals surface area contributed by atoms with Gasteiger partial charge in [0.25, 0.3) is 5.91 Å². The Kier molecular flexibility index (Phi) is 5.57. The lowest BCUT2D eigenvalue weighted by molar-refractivity contribution is -0.910. The van der Waals surface area contributed by atoms with Crippen LogP contribution in [0.1, 0.15) is 18.4 Å². The van der Waals surface area contributed by atoms with E-state index >= 15 is 0 Å². The highest BCUT2D eigenvalue weighted by Crippen LogP contribution is 2.38. The first-order valence-electron chi connectivity index (χ1n) is 9.87. The van der Waals surface area contributed by atoms with Crippen LogP contribution in [0, 0.1) is 0 Å². The number of hydrogen-bond acceptors (Lipinski definition) is 4. The van der Waals surface area contributed by atoms with E-state index in [0.717, 1.165) is 35.3 Å². The van der Waals surface area contributed by atoms with Gasteiger partial charge in [-0.25, -0.2) is 0 Å². The predicted octanol–water partition coefficient (Wildman–Crippen LogP) is 2.84. The van der Waals surface area contributed by atoms with Crippen LogP contribution in [0.4, 0.5) is 5.69 Å². The molecule has 4 rings (SSSR count). The standard InChI is InChI=1S/C22H24N4O3/c1-29-17-10-8-16(9-11-17)14-20(27)23-24-21-18-6-2-3-7-19(18)26(22(21)28)15-25-12-4-5-13-25/h2-3,6-11,28H,4-5,12-15H2,1H3/p+1. The number of carbonyl (C=O) groups excluding carboxylic acids is 1. The zero-order chi connectivity index (χ0) is 20.2. The van der Waals surface area contributed by atoms with Gasteiger partial charge in [0, 0.05) is 18.2 Å².